The van der Waals surface area contributed by atoms with Crippen molar-refractivity contribution in [1.29, 1.82) is 0 Å². The minimum Gasteiger partial charge on any atom is -0.508 e. The molecule has 4 nitrogen and oxygen atoms in total. The van der Waals surface area contributed by atoms with Crippen LogP contribution in [-0.2, 0) is 4.57 Å². The fraction of sp³-hybridized carbons (Fsp3) is 0.100. The lowest BCUT2D eigenvalue weighted by molar-refractivity contribution is 0.474. The van der Waals surface area contributed by atoms with Crippen LogP contribution in [0.2, 0.25) is 0 Å². The number of anilines is 1. The molecule has 1 aliphatic rings. The molecule has 0 saturated carbocycles. The molecule has 1 aliphatic heterocycles. The largest absolute Gasteiger partial charge is 0.508 e. The summed E-state index contributed by atoms with van der Waals surface area (Å²) in [6.45, 7) is 0. The van der Waals surface area contributed by atoms with Crippen LogP contribution >= 0.6 is 7.37 Å². The topological polar surface area (TPSA) is 49.8 Å². The molecule has 0 radical (unpaired) electrons. The summed E-state index contributed by atoms with van der Waals surface area (Å²) in [5, 5.41) is 11.2. The molecule has 25 heavy (non-hydrogen) atoms. The average molecular weight is 351 g/mol. The van der Waals surface area contributed by atoms with Crippen LogP contribution in [0, 0.1) is 0 Å². The smallest absolute Gasteiger partial charge is 0.309 e. The maximum absolute atomic E-state index is 14.1. The van der Waals surface area contributed by atoms with Crippen LogP contribution in [0.3, 0.4) is 0 Å². The van der Waals surface area contributed by atoms with Crippen LogP contribution < -0.4 is 20.0 Å². The molecule has 1 heterocycles. The molecule has 1 unspecified atom stereocenters. The Balaban J connectivity index is 2.04. The summed E-state index contributed by atoms with van der Waals surface area (Å²) in [4.78, 5) is 1.88. The third kappa shape index (κ3) is 2.41. The number of rotatable bonds is 2. The first-order valence-electron chi connectivity index (χ1n) is 8.00. The Morgan fingerprint density at radius 1 is 0.880 bits per heavy atom. The van der Waals surface area contributed by atoms with Gasteiger partial charge in [-0.3, -0.25) is 4.57 Å². The lowest BCUT2D eigenvalue weighted by atomic mass is 10.0. The summed E-state index contributed by atoms with van der Waals surface area (Å²) in [5.41, 5.74) is 2.59. The summed E-state index contributed by atoms with van der Waals surface area (Å²) in [7, 11) is 0.353. The van der Waals surface area contributed by atoms with E-state index in [2.05, 4.69) is 0 Å². The summed E-state index contributed by atoms with van der Waals surface area (Å²) < 4.78 is 20.2. The maximum Gasteiger partial charge on any atom is 0.309 e. The third-order valence-electron chi connectivity index (χ3n) is 4.38. The van der Waals surface area contributed by atoms with E-state index in [1.165, 1.54) is 0 Å². The number of aromatic hydroxyl groups is 1. The number of para-hydroxylation sites is 1. The molecule has 0 spiro atoms. The molecule has 0 aromatic heterocycles. The zero-order valence-electron chi connectivity index (χ0n) is 14.0. The molecule has 0 amide bonds. The fourth-order valence-corrected chi connectivity index (χ4v) is 5.78. The van der Waals surface area contributed by atoms with Gasteiger partial charge in [0, 0.05) is 19.7 Å². The van der Waals surface area contributed by atoms with E-state index >= 15 is 0 Å². The number of phenolic OH excluding ortho intramolecular Hbond substituents is 1. The van der Waals surface area contributed by atoms with E-state index in [1.54, 1.807) is 18.2 Å². The average Bonchev–Trinajstić information content (AvgIpc) is 2.62. The van der Waals surface area contributed by atoms with Gasteiger partial charge in [-0.15, -0.1) is 0 Å². The number of nitrogens with zero attached hydrogens (tertiary/aromatic N) is 1. The van der Waals surface area contributed by atoms with E-state index < -0.39 is 7.37 Å². The highest BCUT2D eigenvalue weighted by Crippen LogP contribution is 2.55. The second kappa shape index (κ2) is 5.68. The van der Waals surface area contributed by atoms with Crippen molar-refractivity contribution >= 4 is 23.7 Å². The van der Waals surface area contributed by atoms with Crippen molar-refractivity contribution < 1.29 is 14.2 Å². The number of benzene rings is 3. The van der Waals surface area contributed by atoms with Gasteiger partial charge in [-0.25, -0.2) is 0 Å². The zero-order chi connectivity index (χ0) is 17.6. The van der Waals surface area contributed by atoms with Gasteiger partial charge in [0.15, 0.2) is 0 Å². The van der Waals surface area contributed by atoms with Gasteiger partial charge < -0.3 is 14.5 Å². The Hall–Kier alpha value is -2.71. The van der Waals surface area contributed by atoms with Gasteiger partial charge in [-0.2, -0.15) is 0 Å². The molecule has 1 atom stereocenters. The SMILES string of the molecule is CN(C)c1ccc(O)cc1P1(=O)Oc2ccccc2-c2ccccc21. The first-order valence-corrected chi connectivity index (χ1v) is 9.63. The Morgan fingerprint density at radius 2 is 1.56 bits per heavy atom. The van der Waals surface area contributed by atoms with Crippen molar-refractivity contribution in [3.05, 3.63) is 66.7 Å². The predicted octanol–water partition coefficient (Wildman–Crippen LogP) is 3.75. The Bertz CT molecular complexity index is 1010. The van der Waals surface area contributed by atoms with Crippen molar-refractivity contribution in [2.45, 2.75) is 0 Å². The first-order chi connectivity index (χ1) is 12.0. The molecular formula is C20H18NO3P. The van der Waals surface area contributed by atoms with Gasteiger partial charge in [0.2, 0.25) is 0 Å². The lowest BCUT2D eigenvalue weighted by Crippen LogP contribution is -2.29. The van der Waals surface area contributed by atoms with Crippen LogP contribution in [0.4, 0.5) is 5.69 Å². The minimum absolute atomic E-state index is 0.0655. The van der Waals surface area contributed by atoms with Crippen molar-refractivity contribution in [2.75, 3.05) is 19.0 Å². The summed E-state index contributed by atoms with van der Waals surface area (Å²) in [6, 6.07) is 20.1. The molecule has 126 valence electrons. The van der Waals surface area contributed by atoms with Crippen molar-refractivity contribution in [3.8, 4) is 22.6 Å². The van der Waals surface area contributed by atoms with Crippen LogP contribution in [0.15, 0.2) is 66.7 Å². The molecule has 5 heteroatoms. The highest BCUT2D eigenvalue weighted by molar-refractivity contribution is 7.75. The molecular weight excluding hydrogens is 333 g/mol. The van der Waals surface area contributed by atoms with Crippen LogP contribution in [0.5, 0.6) is 11.5 Å². The first kappa shape index (κ1) is 15.8. The molecule has 3 aromatic rings. The molecule has 0 aliphatic carbocycles. The second-order valence-electron chi connectivity index (χ2n) is 6.22. The van der Waals surface area contributed by atoms with E-state index in [4.69, 9.17) is 4.52 Å². The molecule has 0 fully saturated rings. The van der Waals surface area contributed by atoms with Gasteiger partial charge in [-0.1, -0.05) is 36.4 Å². The van der Waals surface area contributed by atoms with Gasteiger partial charge >= 0.3 is 7.37 Å². The molecule has 1 N–H and O–H groups in total. The standard InChI is InChI=1S/C20H18NO3P/c1-21(2)17-12-11-14(22)13-20(17)25(23)19-10-6-4-8-16(19)15-7-3-5-9-18(15)24-25/h3-13,22H,1-2H3. The van der Waals surface area contributed by atoms with Crippen molar-refractivity contribution in [1.82, 2.24) is 0 Å². The normalized spacial score (nSPS) is 18.0. The van der Waals surface area contributed by atoms with Gasteiger partial charge in [0.05, 0.1) is 16.3 Å². The molecule has 0 saturated heterocycles. The zero-order valence-corrected chi connectivity index (χ0v) is 14.9. The van der Waals surface area contributed by atoms with Gasteiger partial charge in [0.1, 0.15) is 11.5 Å². The highest BCUT2D eigenvalue weighted by Gasteiger charge is 2.39. The summed E-state index contributed by atoms with van der Waals surface area (Å²) >= 11 is 0. The van der Waals surface area contributed by atoms with Crippen LogP contribution in [0.25, 0.3) is 11.1 Å². The minimum atomic E-state index is -3.41. The molecule has 4 rings (SSSR count). The Morgan fingerprint density at radius 3 is 2.32 bits per heavy atom. The Kier molecular flexibility index (Phi) is 3.59. The van der Waals surface area contributed by atoms with Gasteiger partial charge in [-0.05, 0) is 35.9 Å². The number of hydrogen-bond donors (Lipinski definition) is 1. The van der Waals surface area contributed by atoms with Crippen LogP contribution in [-0.4, -0.2) is 19.2 Å². The summed E-state index contributed by atoms with van der Waals surface area (Å²) in [5.74, 6) is 0.661. The van der Waals surface area contributed by atoms with E-state index in [-0.39, 0.29) is 5.75 Å². The van der Waals surface area contributed by atoms with E-state index in [0.29, 0.717) is 16.4 Å². The molecule has 3 aromatic carbocycles. The third-order valence-corrected chi connectivity index (χ3v) is 6.85. The monoisotopic (exact) mass is 351 g/mol. The fourth-order valence-electron chi connectivity index (χ4n) is 3.22. The predicted molar refractivity (Wildman–Crippen MR) is 102 cm³/mol. The maximum atomic E-state index is 14.1. The van der Waals surface area contributed by atoms with E-state index in [0.717, 1.165) is 16.8 Å². The quantitative estimate of drug-likeness (QED) is 0.715. The van der Waals surface area contributed by atoms with E-state index in [1.807, 2.05) is 67.5 Å². The second-order valence-corrected chi connectivity index (χ2v) is 8.47. The Labute approximate surface area is 146 Å². The van der Waals surface area contributed by atoms with Crippen molar-refractivity contribution in [3.63, 3.8) is 0 Å². The van der Waals surface area contributed by atoms with Crippen molar-refractivity contribution in [2.24, 2.45) is 0 Å². The molecule has 0 bridgehead atoms. The van der Waals surface area contributed by atoms with Crippen LogP contribution in [0.1, 0.15) is 0 Å². The number of fused-ring (bicyclic) bond motifs is 3. The lowest BCUT2D eigenvalue weighted by Gasteiger charge is -2.31. The van der Waals surface area contributed by atoms with E-state index in [9.17, 15) is 9.67 Å². The highest BCUT2D eigenvalue weighted by atomic mass is 31.2. The summed E-state index contributed by atoms with van der Waals surface area (Å²) in [6.07, 6.45) is 0. The number of phenols is 1. The van der Waals surface area contributed by atoms with Gasteiger partial charge in [0.25, 0.3) is 0 Å². The number of hydrogen-bond acceptors (Lipinski definition) is 4.